The molecule has 0 bridgehead atoms. The summed E-state index contributed by atoms with van der Waals surface area (Å²) in [6, 6.07) is 19.6. The minimum absolute atomic E-state index is 0.167. The molecule has 4 rings (SSSR count). The van der Waals surface area contributed by atoms with Gasteiger partial charge in [-0.1, -0.05) is 57.6 Å². The highest BCUT2D eigenvalue weighted by Gasteiger charge is 2.15. The molecular weight excluding hydrogens is 428 g/mol. The Kier molecular flexibility index (Phi) is 4.97. The highest BCUT2D eigenvalue weighted by Crippen LogP contribution is 2.28. The van der Waals surface area contributed by atoms with Gasteiger partial charge >= 0.3 is 0 Å². The molecule has 1 amide bonds. The Morgan fingerprint density at radius 3 is 2.58 bits per heavy atom. The Morgan fingerprint density at radius 1 is 1.04 bits per heavy atom. The predicted octanol–water partition coefficient (Wildman–Crippen LogP) is 6.30. The number of halogens is 1. The Morgan fingerprint density at radius 2 is 1.85 bits per heavy atom. The van der Waals surface area contributed by atoms with Crippen LogP contribution in [0.25, 0.3) is 21.9 Å². The van der Waals surface area contributed by atoms with Gasteiger partial charge in [0.1, 0.15) is 0 Å². The summed E-state index contributed by atoms with van der Waals surface area (Å²) in [5.74, 6) is -0.167. The number of thiazole rings is 1. The second-order valence-electron chi connectivity index (χ2n) is 5.52. The molecule has 4 aromatic rings. The molecule has 2 aromatic heterocycles. The fraction of sp³-hybridized carbons (Fsp3) is 0. The van der Waals surface area contributed by atoms with Crippen molar-refractivity contribution in [2.45, 2.75) is 0 Å². The van der Waals surface area contributed by atoms with Crippen molar-refractivity contribution in [3.05, 3.63) is 81.0 Å². The molecule has 128 valence electrons. The van der Waals surface area contributed by atoms with Crippen molar-refractivity contribution in [3.8, 4) is 0 Å². The van der Waals surface area contributed by atoms with Crippen LogP contribution in [0.5, 0.6) is 0 Å². The first-order valence-electron chi connectivity index (χ1n) is 7.87. The van der Waals surface area contributed by atoms with Crippen LogP contribution in [0.1, 0.15) is 10.4 Å². The molecule has 0 unspecified atom stereocenters. The number of aromatic nitrogens is 1. The minimum Gasteiger partial charge on any atom is -0.298 e. The third-order valence-electron chi connectivity index (χ3n) is 3.74. The van der Waals surface area contributed by atoms with E-state index in [4.69, 9.17) is 0 Å². The van der Waals surface area contributed by atoms with Crippen LogP contribution < -0.4 is 5.32 Å². The Balaban J connectivity index is 1.68. The van der Waals surface area contributed by atoms with Crippen LogP contribution in [0.4, 0.5) is 5.13 Å². The lowest BCUT2D eigenvalue weighted by molar-refractivity contribution is -0.111. The third-order valence-corrected chi connectivity index (χ3v) is 6.04. The van der Waals surface area contributed by atoms with Crippen molar-refractivity contribution in [1.82, 2.24) is 4.98 Å². The summed E-state index contributed by atoms with van der Waals surface area (Å²) in [5.41, 5.74) is 2.36. The lowest BCUT2D eigenvalue weighted by Crippen LogP contribution is -2.13. The van der Waals surface area contributed by atoms with Crippen molar-refractivity contribution in [2.75, 3.05) is 5.32 Å². The maximum Gasteiger partial charge on any atom is 0.258 e. The van der Waals surface area contributed by atoms with E-state index in [9.17, 15) is 4.79 Å². The van der Waals surface area contributed by atoms with Crippen molar-refractivity contribution in [1.29, 1.82) is 0 Å². The molecule has 0 saturated heterocycles. The summed E-state index contributed by atoms with van der Waals surface area (Å²) in [6.45, 7) is 0. The lowest BCUT2D eigenvalue weighted by atomic mass is 10.0. The number of nitrogens with one attached hydrogen (secondary N) is 1. The van der Waals surface area contributed by atoms with E-state index in [-0.39, 0.29) is 5.91 Å². The number of hydrogen-bond acceptors (Lipinski definition) is 4. The highest BCUT2D eigenvalue weighted by atomic mass is 79.9. The molecule has 0 aliphatic carbocycles. The maximum absolute atomic E-state index is 13.0. The summed E-state index contributed by atoms with van der Waals surface area (Å²) in [7, 11) is 0. The van der Waals surface area contributed by atoms with Gasteiger partial charge in [0.25, 0.3) is 5.91 Å². The van der Waals surface area contributed by atoms with Crippen LogP contribution in [-0.2, 0) is 4.79 Å². The molecular formula is C20H13BrN2OS2. The van der Waals surface area contributed by atoms with E-state index in [0.29, 0.717) is 10.7 Å². The van der Waals surface area contributed by atoms with E-state index >= 15 is 0 Å². The van der Waals surface area contributed by atoms with Gasteiger partial charge in [-0.3, -0.25) is 10.1 Å². The maximum atomic E-state index is 13.0. The molecule has 0 aliphatic rings. The molecule has 6 heteroatoms. The first-order chi connectivity index (χ1) is 12.7. The zero-order chi connectivity index (χ0) is 17.9. The number of fused-ring (bicyclic) bond motifs is 1. The van der Waals surface area contributed by atoms with E-state index in [1.807, 2.05) is 72.1 Å². The summed E-state index contributed by atoms with van der Waals surface area (Å²) in [6.07, 6.45) is 1.91. The normalized spacial score (nSPS) is 11.7. The summed E-state index contributed by atoms with van der Waals surface area (Å²) >= 11 is 6.51. The summed E-state index contributed by atoms with van der Waals surface area (Å²) < 4.78 is 2.03. The van der Waals surface area contributed by atoms with E-state index in [2.05, 4.69) is 26.2 Å². The number of thiophene rings is 1. The van der Waals surface area contributed by atoms with E-state index in [1.54, 1.807) is 11.3 Å². The number of rotatable bonds is 4. The number of benzene rings is 2. The largest absolute Gasteiger partial charge is 0.298 e. The van der Waals surface area contributed by atoms with Gasteiger partial charge in [0.05, 0.1) is 10.2 Å². The standard InChI is InChI=1S/C20H13BrN2OS2/c21-14-9-7-13(8-10-14)16(12-15-4-3-11-25-15)19(24)23-20-22-17-5-1-2-6-18(17)26-20/h1-12H,(H,22,23,24)/b16-12-. The fourth-order valence-electron chi connectivity index (χ4n) is 2.52. The minimum atomic E-state index is -0.167. The smallest absolute Gasteiger partial charge is 0.258 e. The number of nitrogens with zero attached hydrogens (tertiary/aromatic N) is 1. The SMILES string of the molecule is O=C(Nc1nc2ccccc2s1)/C(=C\c1cccs1)c1ccc(Br)cc1. The van der Waals surface area contributed by atoms with E-state index in [0.717, 1.165) is 25.1 Å². The van der Waals surface area contributed by atoms with Crippen molar-refractivity contribution in [2.24, 2.45) is 0 Å². The van der Waals surface area contributed by atoms with Gasteiger partial charge in [-0.25, -0.2) is 4.98 Å². The topological polar surface area (TPSA) is 42.0 Å². The number of amides is 1. The molecule has 2 aromatic carbocycles. The van der Waals surface area contributed by atoms with Crippen LogP contribution >= 0.6 is 38.6 Å². The molecule has 0 atom stereocenters. The Labute approximate surface area is 167 Å². The number of hydrogen-bond donors (Lipinski definition) is 1. The summed E-state index contributed by atoms with van der Waals surface area (Å²) in [4.78, 5) is 18.5. The molecule has 3 nitrogen and oxygen atoms in total. The Bertz CT molecular complexity index is 1050. The zero-order valence-electron chi connectivity index (χ0n) is 13.5. The summed E-state index contributed by atoms with van der Waals surface area (Å²) in [5, 5.41) is 5.55. The number of anilines is 1. The number of carbonyl (C=O) groups excluding carboxylic acids is 1. The molecule has 0 saturated carbocycles. The fourth-order valence-corrected chi connectivity index (χ4v) is 4.30. The lowest BCUT2D eigenvalue weighted by Gasteiger charge is -2.08. The molecule has 0 spiro atoms. The second kappa shape index (κ2) is 7.53. The van der Waals surface area contributed by atoms with Gasteiger partial charge in [0.2, 0.25) is 0 Å². The zero-order valence-corrected chi connectivity index (χ0v) is 16.7. The monoisotopic (exact) mass is 440 g/mol. The number of carbonyl (C=O) groups is 1. The van der Waals surface area contributed by atoms with Gasteiger partial charge in [-0.05, 0) is 47.4 Å². The van der Waals surface area contributed by atoms with Gasteiger partial charge in [-0.15, -0.1) is 11.3 Å². The first kappa shape index (κ1) is 17.1. The van der Waals surface area contributed by atoms with Gasteiger partial charge in [0.15, 0.2) is 5.13 Å². The Hall–Kier alpha value is -2.28. The molecule has 0 fully saturated rings. The van der Waals surface area contributed by atoms with Gasteiger partial charge in [-0.2, -0.15) is 0 Å². The quantitative estimate of drug-likeness (QED) is 0.378. The van der Waals surface area contributed by atoms with Crippen LogP contribution in [0.2, 0.25) is 0 Å². The van der Waals surface area contributed by atoms with E-state index in [1.165, 1.54) is 11.3 Å². The van der Waals surface area contributed by atoms with Crippen molar-refractivity contribution >= 4 is 71.5 Å². The van der Waals surface area contributed by atoms with Crippen LogP contribution in [-0.4, -0.2) is 10.9 Å². The third kappa shape index (κ3) is 3.77. The van der Waals surface area contributed by atoms with Gasteiger partial charge in [0, 0.05) is 14.9 Å². The highest BCUT2D eigenvalue weighted by molar-refractivity contribution is 9.10. The number of para-hydroxylation sites is 1. The van der Waals surface area contributed by atoms with Crippen molar-refractivity contribution < 1.29 is 4.79 Å². The van der Waals surface area contributed by atoms with Crippen LogP contribution in [0.3, 0.4) is 0 Å². The average molecular weight is 441 g/mol. The molecule has 26 heavy (non-hydrogen) atoms. The molecule has 0 radical (unpaired) electrons. The first-order valence-corrected chi connectivity index (χ1v) is 10.4. The second-order valence-corrected chi connectivity index (χ2v) is 8.45. The van der Waals surface area contributed by atoms with Crippen molar-refractivity contribution in [3.63, 3.8) is 0 Å². The van der Waals surface area contributed by atoms with Gasteiger partial charge < -0.3 is 0 Å². The molecule has 2 heterocycles. The van der Waals surface area contributed by atoms with Crippen LogP contribution in [0.15, 0.2) is 70.5 Å². The average Bonchev–Trinajstić information content (AvgIpc) is 3.29. The molecule has 1 N–H and O–H groups in total. The predicted molar refractivity (Wildman–Crippen MR) is 115 cm³/mol. The van der Waals surface area contributed by atoms with Crippen LogP contribution in [0, 0.1) is 0 Å². The molecule has 0 aliphatic heterocycles. The van der Waals surface area contributed by atoms with E-state index < -0.39 is 0 Å².